The van der Waals surface area contributed by atoms with Crippen LogP contribution in [0.1, 0.15) is 26.7 Å². The summed E-state index contributed by atoms with van der Waals surface area (Å²) < 4.78 is 0. The van der Waals surface area contributed by atoms with Gasteiger partial charge in [-0.15, -0.1) is 0 Å². The van der Waals surface area contributed by atoms with Gasteiger partial charge in [0, 0.05) is 17.4 Å². The Morgan fingerprint density at radius 2 is 2.36 bits per heavy atom. The molecule has 0 aromatic rings. The summed E-state index contributed by atoms with van der Waals surface area (Å²) >= 11 is 0. The number of ketones is 1. The molecule has 0 amide bonds. The fourth-order valence-corrected chi connectivity index (χ4v) is 0.953. The first kappa shape index (κ1) is 9.98. The third-order valence-electron chi connectivity index (χ3n) is 1.71. The lowest BCUT2D eigenvalue weighted by Gasteiger charge is -2.07. The van der Waals surface area contributed by atoms with Crippen molar-refractivity contribution < 1.29 is 4.79 Å². The quantitative estimate of drug-likeness (QED) is 0.341. The minimum atomic E-state index is 0.0699. The fraction of sp³-hybridized carbons (Fsp3) is 0.857. The molecule has 4 heteroatoms. The lowest BCUT2D eigenvalue weighted by molar-refractivity contribution is -0.120. The molecule has 0 aliphatic rings. The number of azide groups is 1. The summed E-state index contributed by atoms with van der Waals surface area (Å²) in [5.41, 5.74) is 7.96. The average Bonchev–Trinajstić information content (AvgIpc) is 1.97. The van der Waals surface area contributed by atoms with E-state index in [1.54, 1.807) is 6.92 Å². The van der Waals surface area contributed by atoms with Crippen LogP contribution in [0.5, 0.6) is 0 Å². The number of carbonyl (C=O) groups excluding carboxylic acids is 1. The number of hydrogen-bond donors (Lipinski definition) is 0. The van der Waals surface area contributed by atoms with Gasteiger partial charge in [0.15, 0.2) is 0 Å². The van der Waals surface area contributed by atoms with Crippen molar-refractivity contribution in [3.05, 3.63) is 10.4 Å². The molecule has 0 fully saturated rings. The average molecular weight is 155 g/mol. The molecule has 62 valence electrons. The lowest BCUT2D eigenvalue weighted by Crippen LogP contribution is -2.10. The molecule has 0 spiro atoms. The Kier molecular flexibility index (Phi) is 5.21. The van der Waals surface area contributed by atoms with Crippen LogP contribution in [0, 0.1) is 5.92 Å². The summed E-state index contributed by atoms with van der Waals surface area (Å²) in [6.45, 7) is 3.96. The molecule has 0 rings (SSSR count). The fourth-order valence-electron chi connectivity index (χ4n) is 0.953. The maximum absolute atomic E-state index is 10.8. The van der Waals surface area contributed by atoms with Crippen LogP contribution in [0.2, 0.25) is 0 Å². The van der Waals surface area contributed by atoms with Gasteiger partial charge in [0.1, 0.15) is 5.78 Å². The van der Waals surface area contributed by atoms with Gasteiger partial charge in [-0.3, -0.25) is 4.79 Å². The third-order valence-corrected chi connectivity index (χ3v) is 1.71. The molecule has 1 atom stereocenters. The Labute approximate surface area is 66.2 Å². The van der Waals surface area contributed by atoms with Gasteiger partial charge in [0.2, 0.25) is 0 Å². The molecular formula is C7H13N3O. The Bertz CT molecular complexity index is 173. The molecular weight excluding hydrogens is 142 g/mol. The summed E-state index contributed by atoms with van der Waals surface area (Å²) in [5, 5.41) is 3.37. The van der Waals surface area contributed by atoms with E-state index in [4.69, 9.17) is 5.53 Å². The van der Waals surface area contributed by atoms with Gasteiger partial charge in [-0.05, 0) is 25.3 Å². The van der Waals surface area contributed by atoms with Gasteiger partial charge in [0.05, 0.1) is 0 Å². The third kappa shape index (κ3) is 4.39. The summed E-state index contributed by atoms with van der Waals surface area (Å²) in [5.74, 6) is 0.251. The highest BCUT2D eigenvalue weighted by Crippen LogP contribution is 2.08. The van der Waals surface area contributed by atoms with Crippen molar-refractivity contribution >= 4 is 5.78 Å². The Morgan fingerprint density at radius 1 is 1.73 bits per heavy atom. The number of Topliss-reactive ketones (excluding diaryl/α,β-unsaturated/α-hetero) is 1. The van der Waals surface area contributed by atoms with E-state index in [-0.39, 0.29) is 11.7 Å². The number of hydrogen-bond acceptors (Lipinski definition) is 2. The molecule has 0 N–H and O–H groups in total. The van der Waals surface area contributed by atoms with Crippen LogP contribution < -0.4 is 0 Å². The van der Waals surface area contributed by atoms with Crippen LogP contribution in [0.15, 0.2) is 5.11 Å². The second-order valence-corrected chi connectivity index (χ2v) is 2.46. The maximum Gasteiger partial charge on any atom is 0.132 e. The van der Waals surface area contributed by atoms with Crippen LogP contribution in [0.4, 0.5) is 0 Å². The first-order valence-electron chi connectivity index (χ1n) is 3.73. The summed E-state index contributed by atoms with van der Waals surface area (Å²) in [6, 6.07) is 0. The van der Waals surface area contributed by atoms with E-state index in [1.807, 2.05) is 6.92 Å². The molecule has 0 saturated heterocycles. The van der Waals surface area contributed by atoms with E-state index < -0.39 is 0 Å². The standard InChI is InChI=1S/C7H13N3O/c1-3-7(6(2)11)4-5-9-10-8/h7H,3-5H2,1-2H3. The zero-order chi connectivity index (χ0) is 8.69. The van der Waals surface area contributed by atoms with Crippen LogP contribution in [-0.4, -0.2) is 12.3 Å². The van der Waals surface area contributed by atoms with Crippen molar-refractivity contribution in [1.82, 2.24) is 0 Å². The Morgan fingerprint density at radius 3 is 2.73 bits per heavy atom. The Hall–Kier alpha value is -1.02. The number of carbonyl (C=O) groups is 1. The van der Waals surface area contributed by atoms with Gasteiger partial charge in [-0.2, -0.15) is 0 Å². The maximum atomic E-state index is 10.8. The van der Waals surface area contributed by atoms with Crippen molar-refractivity contribution in [3.63, 3.8) is 0 Å². The summed E-state index contributed by atoms with van der Waals surface area (Å²) in [7, 11) is 0. The SMILES string of the molecule is CCC(CCN=[N+]=[N-])C(C)=O. The molecule has 0 radical (unpaired) electrons. The molecule has 11 heavy (non-hydrogen) atoms. The van der Waals surface area contributed by atoms with Gasteiger partial charge in [0.25, 0.3) is 0 Å². The minimum Gasteiger partial charge on any atom is -0.300 e. The smallest absolute Gasteiger partial charge is 0.132 e. The van der Waals surface area contributed by atoms with Crippen LogP contribution in [0.25, 0.3) is 10.4 Å². The van der Waals surface area contributed by atoms with Gasteiger partial charge in [-0.25, -0.2) is 0 Å². The molecule has 0 saturated carbocycles. The molecule has 0 aliphatic carbocycles. The first-order chi connectivity index (χ1) is 5.22. The summed E-state index contributed by atoms with van der Waals surface area (Å²) in [6.07, 6.45) is 1.51. The van der Waals surface area contributed by atoms with Crippen LogP contribution >= 0.6 is 0 Å². The predicted octanol–water partition coefficient (Wildman–Crippen LogP) is 2.30. The molecule has 0 aromatic carbocycles. The summed E-state index contributed by atoms with van der Waals surface area (Å²) in [4.78, 5) is 13.4. The van der Waals surface area contributed by atoms with Crippen molar-refractivity contribution in [3.8, 4) is 0 Å². The Balaban J connectivity index is 3.69. The monoisotopic (exact) mass is 155 g/mol. The van der Waals surface area contributed by atoms with E-state index in [0.717, 1.165) is 6.42 Å². The molecule has 0 bridgehead atoms. The highest BCUT2D eigenvalue weighted by Gasteiger charge is 2.09. The molecule has 4 nitrogen and oxygen atoms in total. The van der Waals surface area contributed by atoms with E-state index in [9.17, 15) is 4.79 Å². The first-order valence-corrected chi connectivity index (χ1v) is 3.73. The van der Waals surface area contributed by atoms with Crippen molar-refractivity contribution in [1.29, 1.82) is 0 Å². The van der Waals surface area contributed by atoms with Gasteiger partial charge in [-0.1, -0.05) is 12.0 Å². The zero-order valence-corrected chi connectivity index (χ0v) is 6.95. The molecule has 0 aromatic heterocycles. The predicted molar refractivity (Wildman–Crippen MR) is 43.1 cm³/mol. The largest absolute Gasteiger partial charge is 0.300 e. The van der Waals surface area contributed by atoms with E-state index in [1.165, 1.54) is 0 Å². The highest BCUT2D eigenvalue weighted by molar-refractivity contribution is 5.78. The number of nitrogens with zero attached hydrogens (tertiary/aromatic N) is 3. The topological polar surface area (TPSA) is 65.8 Å². The molecule has 0 aliphatic heterocycles. The molecule has 1 unspecified atom stereocenters. The minimum absolute atomic E-state index is 0.0699. The van der Waals surface area contributed by atoms with Crippen molar-refractivity contribution in [2.24, 2.45) is 11.0 Å². The van der Waals surface area contributed by atoms with Crippen LogP contribution in [-0.2, 0) is 4.79 Å². The van der Waals surface area contributed by atoms with Gasteiger partial charge < -0.3 is 0 Å². The highest BCUT2D eigenvalue weighted by atomic mass is 16.1. The van der Waals surface area contributed by atoms with Gasteiger partial charge >= 0.3 is 0 Å². The zero-order valence-electron chi connectivity index (χ0n) is 6.95. The van der Waals surface area contributed by atoms with E-state index >= 15 is 0 Å². The van der Waals surface area contributed by atoms with Crippen LogP contribution in [0.3, 0.4) is 0 Å². The second-order valence-electron chi connectivity index (χ2n) is 2.46. The molecule has 0 heterocycles. The second kappa shape index (κ2) is 5.74. The van der Waals surface area contributed by atoms with Crippen molar-refractivity contribution in [2.45, 2.75) is 26.7 Å². The normalized spacial score (nSPS) is 11.8. The number of rotatable bonds is 5. The van der Waals surface area contributed by atoms with E-state index in [2.05, 4.69) is 10.0 Å². The van der Waals surface area contributed by atoms with E-state index in [0.29, 0.717) is 13.0 Å². The lowest BCUT2D eigenvalue weighted by atomic mass is 9.99. The van der Waals surface area contributed by atoms with Crippen molar-refractivity contribution in [2.75, 3.05) is 6.54 Å².